The van der Waals surface area contributed by atoms with Gasteiger partial charge in [-0.1, -0.05) is 36.4 Å². The molecule has 0 radical (unpaired) electrons. The molecule has 0 aliphatic carbocycles. The van der Waals surface area contributed by atoms with Gasteiger partial charge in [0.2, 0.25) is 0 Å². The van der Waals surface area contributed by atoms with Gasteiger partial charge in [0, 0.05) is 0 Å². The molecule has 17 heavy (non-hydrogen) atoms. The third-order valence-corrected chi connectivity index (χ3v) is 2.04. The van der Waals surface area contributed by atoms with Gasteiger partial charge in [-0.2, -0.15) is 0 Å². The Bertz CT molecular complexity index is 465. The first-order valence-corrected chi connectivity index (χ1v) is 4.93. The van der Waals surface area contributed by atoms with Crippen molar-refractivity contribution in [2.45, 2.75) is 0 Å². The largest absolute Gasteiger partial charge is 1.00 e. The molecule has 3 nitrogen and oxygen atoms in total. The Morgan fingerprint density at radius 1 is 0.941 bits per heavy atom. The Kier molecular flexibility index (Phi) is 5.77. The molecule has 1 N–H and O–H groups in total. The van der Waals surface area contributed by atoms with Crippen molar-refractivity contribution in [3.63, 3.8) is 0 Å². The number of carbonyl (C=O) groups is 1. The zero-order valence-corrected chi connectivity index (χ0v) is 11.6. The van der Waals surface area contributed by atoms with Gasteiger partial charge in [0.05, 0.1) is 11.3 Å². The number of benzene rings is 2. The van der Waals surface area contributed by atoms with E-state index in [0.29, 0.717) is 5.56 Å². The monoisotopic (exact) mass is 237 g/mol. The van der Waals surface area contributed by atoms with Crippen molar-refractivity contribution in [2.24, 2.45) is 0 Å². The van der Waals surface area contributed by atoms with Crippen LogP contribution in [0.5, 0.6) is 0 Å². The normalized spacial score (nSPS) is 8.94. The van der Waals surface area contributed by atoms with Crippen LogP contribution in [0.3, 0.4) is 0 Å². The molecule has 0 fully saturated rings. The number of hydrogen-bond acceptors (Lipinski definition) is 3. The molecule has 0 saturated heterocycles. The second-order valence-electron chi connectivity index (χ2n) is 3.22. The average Bonchev–Trinajstić information content (AvgIpc) is 2.38. The minimum atomic E-state index is -0.399. The maximum absolute atomic E-state index is 11.5. The van der Waals surface area contributed by atoms with Crippen LogP contribution in [0, 0.1) is 0 Å². The van der Waals surface area contributed by atoms with Crippen LogP contribution >= 0.6 is 0 Å². The van der Waals surface area contributed by atoms with Crippen LogP contribution in [0.4, 0.5) is 5.69 Å². The zero-order valence-electron chi connectivity index (χ0n) is 10.6. The van der Waals surface area contributed by atoms with E-state index in [1.807, 2.05) is 36.4 Å². The summed E-state index contributed by atoms with van der Waals surface area (Å²) in [4.78, 5) is 16.5. The van der Waals surface area contributed by atoms with E-state index in [1.165, 1.54) is 0 Å². The summed E-state index contributed by atoms with van der Waals surface area (Å²) in [5.41, 5.74) is 3.86. The summed E-state index contributed by atoms with van der Waals surface area (Å²) in [5, 5.41) is 0. The molecule has 0 bridgehead atoms. The Labute approximate surface area is 124 Å². The first-order chi connectivity index (χ1) is 7.86. The topological polar surface area (TPSA) is 38.3 Å². The molecule has 0 saturated carbocycles. The van der Waals surface area contributed by atoms with Crippen molar-refractivity contribution in [2.75, 3.05) is 5.48 Å². The van der Waals surface area contributed by atoms with Gasteiger partial charge in [0.15, 0.2) is 0 Å². The van der Waals surface area contributed by atoms with Gasteiger partial charge in [0.25, 0.3) is 0 Å². The molecule has 0 heterocycles. The smallest absolute Gasteiger partial charge is 1.00 e. The second-order valence-corrected chi connectivity index (χ2v) is 3.22. The third kappa shape index (κ3) is 4.23. The summed E-state index contributed by atoms with van der Waals surface area (Å²) >= 11 is 0. The molecule has 0 atom stereocenters. The van der Waals surface area contributed by atoms with Gasteiger partial charge in [-0.3, -0.25) is 0 Å². The van der Waals surface area contributed by atoms with Crippen LogP contribution in [0.2, 0.25) is 0 Å². The second kappa shape index (κ2) is 7.12. The fourth-order valence-electron chi connectivity index (χ4n) is 1.24. The molecular formula is C13H12NNaO2. The molecule has 82 valence electrons. The number of rotatable bonds is 3. The predicted molar refractivity (Wildman–Crippen MR) is 63.0 cm³/mol. The van der Waals surface area contributed by atoms with Crippen LogP contribution < -0.4 is 35.0 Å². The van der Waals surface area contributed by atoms with Crippen molar-refractivity contribution < 1.29 is 40.6 Å². The quantitative estimate of drug-likeness (QED) is 0.602. The Morgan fingerprint density at radius 2 is 1.47 bits per heavy atom. The van der Waals surface area contributed by atoms with Gasteiger partial charge in [-0.05, 0) is 24.3 Å². The van der Waals surface area contributed by atoms with Crippen molar-refractivity contribution in [1.29, 1.82) is 0 Å². The predicted octanol–water partition coefficient (Wildman–Crippen LogP) is -0.0130. The van der Waals surface area contributed by atoms with E-state index < -0.39 is 5.97 Å². The number of carbonyl (C=O) groups excluding carboxylic acids is 1. The summed E-state index contributed by atoms with van der Waals surface area (Å²) in [6.45, 7) is 0. The van der Waals surface area contributed by atoms with Gasteiger partial charge < -0.3 is 6.26 Å². The van der Waals surface area contributed by atoms with E-state index in [2.05, 4.69) is 5.48 Å². The first-order valence-electron chi connectivity index (χ1n) is 4.93. The summed E-state index contributed by atoms with van der Waals surface area (Å²) < 4.78 is 0. The minimum absolute atomic E-state index is 0. The molecule has 0 unspecified atom stereocenters. The first kappa shape index (κ1) is 13.8. The summed E-state index contributed by atoms with van der Waals surface area (Å²) in [6, 6.07) is 18.1. The van der Waals surface area contributed by atoms with E-state index >= 15 is 0 Å². The van der Waals surface area contributed by atoms with Crippen molar-refractivity contribution in [1.82, 2.24) is 0 Å². The Morgan fingerprint density at radius 3 is 2.06 bits per heavy atom. The fraction of sp³-hybridized carbons (Fsp3) is 0. The maximum Gasteiger partial charge on any atom is 1.00 e. The zero-order chi connectivity index (χ0) is 11.2. The molecule has 2 aromatic carbocycles. The van der Waals surface area contributed by atoms with Crippen LogP contribution in [0.1, 0.15) is 11.8 Å². The van der Waals surface area contributed by atoms with Gasteiger partial charge in [-0.25, -0.2) is 10.3 Å². The number of nitrogens with one attached hydrogen (secondary N) is 1. The van der Waals surface area contributed by atoms with E-state index in [0.717, 1.165) is 5.69 Å². The summed E-state index contributed by atoms with van der Waals surface area (Å²) in [6.07, 6.45) is 0. The van der Waals surface area contributed by atoms with Crippen LogP contribution in [-0.4, -0.2) is 5.97 Å². The summed E-state index contributed by atoms with van der Waals surface area (Å²) in [5.74, 6) is -0.399. The van der Waals surface area contributed by atoms with Crippen LogP contribution in [0.15, 0.2) is 60.7 Å². The van der Waals surface area contributed by atoms with Gasteiger partial charge >= 0.3 is 35.5 Å². The standard InChI is InChI=1S/C13H11NO2.Na.H/c15-13(11-7-3-1-4-8-11)16-14-12-9-5-2-6-10-12;;/h1-10,14H;;/q;+1;-1. The van der Waals surface area contributed by atoms with Crippen molar-refractivity contribution in [3.8, 4) is 0 Å². The van der Waals surface area contributed by atoms with Gasteiger partial charge in [0.1, 0.15) is 0 Å². The molecular weight excluding hydrogens is 225 g/mol. The van der Waals surface area contributed by atoms with Crippen molar-refractivity contribution in [3.05, 3.63) is 66.2 Å². The molecule has 0 spiro atoms. The Balaban J connectivity index is 0.00000144. The van der Waals surface area contributed by atoms with Crippen LogP contribution in [0.25, 0.3) is 0 Å². The molecule has 0 aliphatic rings. The molecule has 0 aliphatic heterocycles. The van der Waals surface area contributed by atoms with Gasteiger partial charge in [-0.15, -0.1) is 0 Å². The molecule has 4 heteroatoms. The molecule has 2 rings (SSSR count). The molecule has 0 aromatic heterocycles. The van der Waals surface area contributed by atoms with Crippen molar-refractivity contribution >= 4 is 11.7 Å². The van der Waals surface area contributed by atoms with E-state index in [-0.39, 0.29) is 31.0 Å². The number of para-hydroxylation sites is 1. The molecule has 2 aromatic rings. The minimum Gasteiger partial charge on any atom is -1.00 e. The third-order valence-electron chi connectivity index (χ3n) is 2.04. The summed E-state index contributed by atoms with van der Waals surface area (Å²) in [7, 11) is 0. The maximum atomic E-state index is 11.5. The van der Waals surface area contributed by atoms with E-state index in [1.54, 1.807) is 24.3 Å². The number of hydrogen-bond donors (Lipinski definition) is 1. The molecule has 0 amide bonds. The Hall–Kier alpha value is -1.29. The SMILES string of the molecule is O=C(ONc1ccccc1)c1ccccc1.[H-].[Na+]. The fourth-order valence-corrected chi connectivity index (χ4v) is 1.24. The van der Waals surface area contributed by atoms with Crippen LogP contribution in [-0.2, 0) is 4.84 Å². The average molecular weight is 237 g/mol. The van der Waals surface area contributed by atoms with E-state index in [9.17, 15) is 4.79 Å². The van der Waals surface area contributed by atoms with E-state index in [4.69, 9.17) is 4.84 Å². The number of anilines is 1.